The van der Waals surface area contributed by atoms with E-state index in [2.05, 4.69) is 10.6 Å². The molecule has 1 aromatic rings. The summed E-state index contributed by atoms with van der Waals surface area (Å²) in [7, 11) is 0. The number of ether oxygens (including phenoxy) is 2. The number of amides is 2. The lowest BCUT2D eigenvalue weighted by Crippen LogP contribution is -2.38. The monoisotopic (exact) mass is 322 g/mol. The summed E-state index contributed by atoms with van der Waals surface area (Å²) in [5.41, 5.74) is 0.233. The van der Waals surface area contributed by atoms with Crippen LogP contribution >= 0.6 is 0 Å². The van der Waals surface area contributed by atoms with Gasteiger partial charge in [-0.3, -0.25) is 0 Å². The zero-order valence-corrected chi connectivity index (χ0v) is 14.4. The maximum Gasteiger partial charge on any atom is 0.408 e. The summed E-state index contributed by atoms with van der Waals surface area (Å²) in [4.78, 5) is 23.6. The molecule has 2 N–H and O–H groups in total. The van der Waals surface area contributed by atoms with E-state index >= 15 is 0 Å². The molecular formula is C17H26N2O4. The highest BCUT2D eigenvalue weighted by molar-refractivity contribution is 5.69. The molecule has 0 aliphatic rings. The first-order chi connectivity index (χ1) is 10.7. The van der Waals surface area contributed by atoms with Gasteiger partial charge in [-0.1, -0.05) is 30.3 Å². The van der Waals surface area contributed by atoms with Crippen molar-refractivity contribution < 1.29 is 19.1 Å². The van der Waals surface area contributed by atoms with Crippen LogP contribution in [0.15, 0.2) is 30.3 Å². The molecule has 0 spiro atoms. The fourth-order valence-electron chi connectivity index (χ4n) is 1.79. The Morgan fingerprint density at radius 1 is 1.04 bits per heavy atom. The van der Waals surface area contributed by atoms with Gasteiger partial charge in [0.2, 0.25) is 0 Å². The first-order valence-electron chi connectivity index (χ1n) is 7.65. The zero-order chi connectivity index (χ0) is 17.5. The number of nitrogens with one attached hydrogen (secondary N) is 2. The Morgan fingerprint density at radius 2 is 1.65 bits per heavy atom. The zero-order valence-electron chi connectivity index (χ0n) is 14.4. The number of carbonyl (C=O) groups excluding carboxylic acids is 2. The van der Waals surface area contributed by atoms with Crippen LogP contribution < -0.4 is 10.6 Å². The lowest BCUT2D eigenvalue weighted by Gasteiger charge is -2.24. The van der Waals surface area contributed by atoms with Crippen molar-refractivity contribution >= 4 is 12.2 Å². The minimum Gasteiger partial charge on any atom is -0.447 e. The number of alkyl carbamates (subject to hydrolysis) is 2. The first-order valence-corrected chi connectivity index (χ1v) is 7.65. The number of hydrogen-bond acceptors (Lipinski definition) is 4. The smallest absolute Gasteiger partial charge is 0.408 e. The highest BCUT2D eigenvalue weighted by Crippen LogP contribution is 2.15. The Morgan fingerprint density at radius 3 is 2.17 bits per heavy atom. The fourth-order valence-corrected chi connectivity index (χ4v) is 1.79. The Bertz CT molecular complexity index is 509. The van der Waals surface area contributed by atoms with Crippen molar-refractivity contribution in [3.8, 4) is 0 Å². The van der Waals surface area contributed by atoms with Crippen molar-refractivity contribution in [1.82, 2.24) is 10.6 Å². The second-order valence-corrected chi connectivity index (χ2v) is 6.51. The third kappa shape index (κ3) is 8.09. The molecule has 6 heteroatoms. The average molecular weight is 322 g/mol. The summed E-state index contributed by atoms with van der Waals surface area (Å²) in [6.45, 7) is 9.07. The topological polar surface area (TPSA) is 76.7 Å². The van der Waals surface area contributed by atoms with E-state index in [0.29, 0.717) is 0 Å². The molecule has 0 radical (unpaired) electrons. The predicted octanol–water partition coefficient (Wildman–Crippen LogP) is 3.39. The summed E-state index contributed by atoms with van der Waals surface area (Å²) in [6.07, 6.45) is -1.08. The van der Waals surface area contributed by atoms with Crippen molar-refractivity contribution in [3.63, 3.8) is 0 Å². The Balaban J connectivity index is 2.71. The molecule has 128 valence electrons. The Hall–Kier alpha value is -2.24. The maximum absolute atomic E-state index is 12.0. The molecule has 0 bridgehead atoms. The number of benzene rings is 1. The van der Waals surface area contributed by atoms with Gasteiger partial charge >= 0.3 is 12.2 Å². The molecule has 1 rings (SSSR count). The molecule has 0 saturated carbocycles. The summed E-state index contributed by atoms with van der Waals surface area (Å²) < 4.78 is 10.4. The van der Waals surface area contributed by atoms with Crippen molar-refractivity contribution in [1.29, 1.82) is 0 Å². The van der Waals surface area contributed by atoms with Gasteiger partial charge in [-0.2, -0.15) is 0 Å². The third-order valence-corrected chi connectivity index (χ3v) is 2.68. The van der Waals surface area contributed by atoms with E-state index in [1.807, 2.05) is 44.2 Å². The van der Waals surface area contributed by atoms with Crippen LogP contribution in [0.2, 0.25) is 0 Å². The van der Waals surface area contributed by atoms with Gasteiger partial charge in [0.15, 0.2) is 0 Å². The minimum absolute atomic E-state index is 0.0157. The molecule has 23 heavy (non-hydrogen) atoms. The maximum atomic E-state index is 12.0. The van der Waals surface area contributed by atoms with Gasteiger partial charge in [0.1, 0.15) is 12.2 Å². The minimum atomic E-state index is -0.596. The molecule has 6 nitrogen and oxygen atoms in total. The van der Waals surface area contributed by atoms with Crippen LogP contribution in [0.5, 0.6) is 0 Å². The summed E-state index contributed by atoms with van der Waals surface area (Å²) in [5, 5.41) is 5.37. The van der Waals surface area contributed by atoms with Crippen molar-refractivity contribution in [2.75, 3.05) is 6.61 Å². The average Bonchev–Trinajstić information content (AvgIpc) is 2.41. The van der Waals surface area contributed by atoms with Gasteiger partial charge in [-0.05, 0) is 40.2 Å². The second-order valence-electron chi connectivity index (χ2n) is 6.51. The van der Waals surface area contributed by atoms with Gasteiger partial charge in [-0.15, -0.1) is 0 Å². The van der Waals surface area contributed by atoms with E-state index in [-0.39, 0.29) is 12.6 Å². The molecule has 1 unspecified atom stereocenters. The summed E-state index contributed by atoms with van der Waals surface area (Å²) in [6, 6.07) is 8.79. The molecule has 0 heterocycles. The van der Waals surface area contributed by atoms with Crippen LogP contribution in [0, 0.1) is 0 Å². The summed E-state index contributed by atoms with van der Waals surface area (Å²) >= 11 is 0. The van der Waals surface area contributed by atoms with Crippen molar-refractivity contribution in [2.24, 2.45) is 0 Å². The van der Waals surface area contributed by atoms with Gasteiger partial charge in [0.05, 0.1) is 6.04 Å². The van der Waals surface area contributed by atoms with Crippen LogP contribution in [0.3, 0.4) is 0 Å². The van der Waals surface area contributed by atoms with Crippen LogP contribution in [0.25, 0.3) is 0 Å². The van der Waals surface area contributed by atoms with E-state index in [4.69, 9.17) is 9.47 Å². The van der Waals surface area contributed by atoms with Gasteiger partial charge < -0.3 is 20.1 Å². The molecule has 0 saturated heterocycles. The lowest BCUT2D eigenvalue weighted by atomic mass is 10.1. The van der Waals surface area contributed by atoms with Gasteiger partial charge in [0.25, 0.3) is 0 Å². The lowest BCUT2D eigenvalue weighted by molar-refractivity contribution is 0.0469. The molecule has 0 fully saturated rings. The Labute approximate surface area is 137 Å². The largest absolute Gasteiger partial charge is 0.447 e. The molecule has 1 aromatic carbocycles. The Kier molecular flexibility index (Phi) is 6.88. The van der Waals surface area contributed by atoms with Gasteiger partial charge in [0, 0.05) is 6.04 Å². The summed E-state index contributed by atoms with van der Waals surface area (Å²) in [5.74, 6) is 0. The molecular weight excluding hydrogens is 296 g/mol. The molecule has 1 atom stereocenters. The SMILES string of the molecule is CC(C)NC(=O)OCC(NC(=O)OC(C)(C)C)c1ccccc1. The standard InChI is InChI=1S/C17H26N2O4/c1-12(2)18-15(20)22-11-14(13-9-7-6-8-10-13)19-16(21)23-17(3,4)5/h6-10,12,14H,11H2,1-5H3,(H,18,20)(H,19,21). The van der Waals surface area contributed by atoms with E-state index in [1.54, 1.807) is 20.8 Å². The normalized spacial score (nSPS) is 12.4. The molecule has 2 amide bonds. The van der Waals surface area contributed by atoms with Crippen molar-refractivity contribution in [3.05, 3.63) is 35.9 Å². The van der Waals surface area contributed by atoms with Crippen LogP contribution in [0.4, 0.5) is 9.59 Å². The van der Waals surface area contributed by atoms with Crippen LogP contribution in [0.1, 0.15) is 46.2 Å². The highest BCUT2D eigenvalue weighted by atomic mass is 16.6. The number of carbonyl (C=O) groups is 2. The third-order valence-electron chi connectivity index (χ3n) is 2.68. The van der Waals surface area contributed by atoms with E-state index < -0.39 is 23.8 Å². The fraction of sp³-hybridized carbons (Fsp3) is 0.529. The first kappa shape index (κ1) is 18.8. The second kappa shape index (κ2) is 8.41. The van der Waals surface area contributed by atoms with E-state index in [1.165, 1.54) is 0 Å². The van der Waals surface area contributed by atoms with E-state index in [9.17, 15) is 9.59 Å². The molecule has 0 aliphatic carbocycles. The van der Waals surface area contributed by atoms with Crippen molar-refractivity contribution in [2.45, 2.75) is 52.3 Å². The van der Waals surface area contributed by atoms with Crippen LogP contribution in [-0.4, -0.2) is 30.4 Å². The van der Waals surface area contributed by atoms with Crippen LogP contribution in [-0.2, 0) is 9.47 Å². The van der Waals surface area contributed by atoms with E-state index in [0.717, 1.165) is 5.56 Å². The predicted molar refractivity (Wildman–Crippen MR) is 88.2 cm³/mol. The molecule has 0 aliphatic heterocycles. The number of rotatable bonds is 5. The number of hydrogen-bond donors (Lipinski definition) is 2. The van der Waals surface area contributed by atoms with Gasteiger partial charge in [-0.25, -0.2) is 9.59 Å². The molecule has 0 aromatic heterocycles. The highest BCUT2D eigenvalue weighted by Gasteiger charge is 2.21. The quantitative estimate of drug-likeness (QED) is 0.871.